The van der Waals surface area contributed by atoms with Gasteiger partial charge in [-0.2, -0.15) is 0 Å². The Morgan fingerprint density at radius 3 is 2.62 bits per heavy atom. The normalized spacial score (nSPS) is 25.4. The fraction of sp³-hybridized carbons (Fsp3) is 1.00. The lowest BCUT2D eigenvalue weighted by Crippen LogP contribution is -2.28. The molecule has 78 valence electrons. The van der Waals surface area contributed by atoms with Crippen LogP contribution in [0.3, 0.4) is 0 Å². The van der Waals surface area contributed by atoms with Crippen LogP contribution in [-0.4, -0.2) is 48.7 Å². The molecule has 0 saturated carbocycles. The van der Waals surface area contributed by atoms with Crippen LogP contribution in [0.25, 0.3) is 0 Å². The highest BCUT2D eigenvalue weighted by Crippen LogP contribution is 2.16. The predicted molar refractivity (Wildman–Crippen MR) is 39.1 cm³/mol. The summed E-state index contributed by atoms with van der Waals surface area (Å²) in [7, 11) is 0. The molecule has 1 heterocycles. The molecule has 6 heteroatoms. The number of rotatable bonds is 3. The Kier molecular flexibility index (Phi) is 3.52. The minimum absolute atomic E-state index is 0.219. The maximum Gasteiger partial charge on any atom is 0.522 e. The number of alkyl halides is 3. The number of hydrogen-bond acceptors (Lipinski definition) is 3. The minimum atomic E-state index is -4.54. The molecule has 0 bridgehead atoms. The van der Waals surface area contributed by atoms with Crippen LogP contribution in [-0.2, 0) is 4.74 Å². The number of aliphatic hydroxyl groups excluding tert-OH is 1. The van der Waals surface area contributed by atoms with Gasteiger partial charge in [0.25, 0.3) is 0 Å². The first-order valence-corrected chi connectivity index (χ1v) is 4.08. The quantitative estimate of drug-likeness (QED) is 0.722. The lowest BCUT2D eigenvalue weighted by atomic mass is 10.3. The highest BCUT2D eigenvalue weighted by Gasteiger charge is 2.29. The maximum atomic E-state index is 11.5. The number of hydrogen-bond donors (Lipinski definition) is 1. The van der Waals surface area contributed by atoms with Gasteiger partial charge in [0.1, 0.15) is 0 Å². The van der Waals surface area contributed by atoms with Gasteiger partial charge in [0.2, 0.25) is 0 Å². The number of likely N-dealkylation sites (tertiary alicyclic amines) is 1. The first-order valence-electron chi connectivity index (χ1n) is 4.08. The Labute approximate surface area is 74.1 Å². The van der Waals surface area contributed by atoms with Gasteiger partial charge in [-0.05, 0) is 6.42 Å². The molecule has 1 aliphatic heterocycles. The van der Waals surface area contributed by atoms with E-state index < -0.39 is 12.5 Å². The molecule has 0 radical (unpaired) electrons. The third-order valence-corrected chi connectivity index (χ3v) is 1.92. The molecule has 1 rings (SSSR count). The van der Waals surface area contributed by atoms with Crippen molar-refractivity contribution in [2.75, 3.05) is 26.2 Å². The summed E-state index contributed by atoms with van der Waals surface area (Å²) in [6, 6.07) is 0. The van der Waals surface area contributed by atoms with Crippen molar-refractivity contribution in [2.24, 2.45) is 0 Å². The molecule has 0 unspecified atom stereocenters. The van der Waals surface area contributed by atoms with Crippen LogP contribution in [0.1, 0.15) is 6.42 Å². The van der Waals surface area contributed by atoms with Gasteiger partial charge in [0, 0.05) is 19.6 Å². The van der Waals surface area contributed by atoms with Crippen LogP contribution in [0.15, 0.2) is 0 Å². The predicted octanol–water partition coefficient (Wildman–Crippen LogP) is 0.589. The third-order valence-electron chi connectivity index (χ3n) is 1.92. The smallest absolute Gasteiger partial charge is 0.392 e. The van der Waals surface area contributed by atoms with Gasteiger partial charge in [-0.15, -0.1) is 13.2 Å². The van der Waals surface area contributed by atoms with E-state index in [-0.39, 0.29) is 13.2 Å². The second kappa shape index (κ2) is 4.26. The minimum Gasteiger partial charge on any atom is -0.392 e. The molecule has 0 spiro atoms. The van der Waals surface area contributed by atoms with E-state index in [1.807, 2.05) is 0 Å². The molecule has 0 aromatic carbocycles. The number of aliphatic hydroxyl groups is 1. The lowest BCUT2D eigenvalue weighted by Gasteiger charge is -2.15. The first kappa shape index (κ1) is 10.7. The van der Waals surface area contributed by atoms with Crippen molar-refractivity contribution >= 4 is 0 Å². The van der Waals surface area contributed by atoms with E-state index in [0.29, 0.717) is 19.5 Å². The zero-order valence-electron chi connectivity index (χ0n) is 7.05. The Hall–Kier alpha value is -0.330. The summed E-state index contributed by atoms with van der Waals surface area (Å²) in [5, 5.41) is 9.05. The van der Waals surface area contributed by atoms with Gasteiger partial charge in [-0.25, -0.2) is 0 Å². The summed E-state index contributed by atoms with van der Waals surface area (Å²) in [4.78, 5) is 1.75. The van der Waals surface area contributed by atoms with Crippen molar-refractivity contribution < 1.29 is 23.0 Å². The largest absolute Gasteiger partial charge is 0.522 e. The van der Waals surface area contributed by atoms with Crippen LogP contribution in [0, 0.1) is 0 Å². The monoisotopic (exact) mass is 199 g/mol. The second-order valence-corrected chi connectivity index (χ2v) is 3.04. The molecule has 1 aliphatic rings. The lowest BCUT2D eigenvalue weighted by molar-refractivity contribution is -0.324. The highest BCUT2D eigenvalue weighted by molar-refractivity contribution is 4.73. The van der Waals surface area contributed by atoms with E-state index >= 15 is 0 Å². The van der Waals surface area contributed by atoms with Crippen molar-refractivity contribution in [3.05, 3.63) is 0 Å². The van der Waals surface area contributed by atoms with Crippen molar-refractivity contribution in [3.8, 4) is 0 Å². The van der Waals surface area contributed by atoms with Gasteiger partial charge >= 0.3 is 6.36 Å². The van der Waals surface area contributed by atoms with Crippen LogP contribution in [0.5, 0.6) is 0 Å². The zero-order valence-corrected chi connectivity index (χ0v) is 7.05. The average molecular weight is 199 g/mol. The van der Waals surface area contributed by atoms with Gasteiger partial charge in [-0.1, -0.05) is 0 Å². The van der Waals surface area contributed by atoms with Crippen LogP contribution >= 0.6 is 0 Å². The molecule has 1 saturated heterocycles. The van der Waals surface area contributed by atoms with Gasteiger partial charge in [0.05, 0.1) is 12.7 Å². The molecule has 0 aromatic heterocycles. The molecular formula is C7H12F3NO2. The van der Waals surface area contributed by atoms with Crippen molar-refractivity contribution in [3.63, 3.8) is 0 Å². The fourth-order valence-electron chi connectivity index (χ4n) is 1.31. The van der Waals surface area contributed by atoms with Gasteiger partial charge < -0.3 is 5.11 Å². The Bertz CT molecular complexity index is 162. The summed E-state index contributed by atoms with van der Waals surface area (Å²) in [5.41, 5.74) is 0. The number of ether oxygens (including phenoxy) is 1. The Morgan fingerprint density at radius 1 is 1.46 bits per heavy atom. The SMILES string of the molecule is O[C@H]1CCN(CCOC(F)(F)F)C1. The zero-order chi connectivity index (χ0) is 9.90. The van der Waals surface area contributed by atoms with Crippen LogP contribution in [0.4, 0.5) is 13.2 Å². The van der Waals surface area contributed by atoms with Crippen molar-refractivity contribution in [1.82, 2.24) is 4.90 Å². The molecule has 1 N–H and O–H groups in total. The fourth-order valence-corrected chi connectivity index (χ4v) is 1.31. The Morgan fingerprint density at radius 2 is 2.15 bits per heavy atom. The van der Waals surface area contributed by atoms with Gasteiger partial charge in [-0.3, -0.25) is 9.64 Å². The average Bonchev–Trinajstić information content (AvgIpc) is 2.33. The number of halogens is 3. The summed E-state index contributed by atoms with van der Waals surface area (Å²) in [6.45, 7) is 0.941. The summed E-state index contributed by atoms with van der Waals surface area (Å²) in [6.07, 6.45) is -4.31. The van der Waals surface area contributed by atoms with E-state index in [4.69, 9.17) is 5.11 Å². The molecule has 1 fully saturated rings. The van der Waals surface area contributed by atoms with E-state index in [1.165, 1.54) is 0 Å². The summed E-state index contributed by atoms with van der Waals surface area (Å²) < 4.78 is 38.2. The summed E-state index contributed by atoms with van der Waals surface area (Å²) >= 11 is 0. The van der Waals surface area contributed by atoms with E-state index in [0.717, 1.165) is 0 Å². The topological polar surface area (TPSA) is 32.7 Å². The van der Waals surface area contributed by atoms with Crippen molar-refractivity contribution in [2.45, 2.75) is 18.9 Å². The molecule has 0 amide bonds. The van der Waals surface area contributed by atoms with E-state index in [1.54, 1.807) is 4.90 Å². The van der Waals surface area contributed by atoms with E-state index in [2.05, 4.69) is 4.74 Å². The molecular weight excluding hydrogens is 187 g/mol. The third kappa shape index (κ3) is 4.44. The number of nitrogens with zero attached hydrogens (tertiary/aromatic N) is 1. The van der Waals surface area contributed by atoms with Crippen LogP contribution in [0.2, 0.25) is 0 Å². The van der Waals surface area contributed by atoms with Gasteiger partial charge in [0.15, 0.2) is 0 Å². The molecule has 0 aromatic rings. The molecule has 0 aliphatic carbocycles. The standard InChI is InChI=1S/C7H12F3NO2/c8-7(9,10)13-4-3-11-2-1-6(12)5-11/h6,12H,1-5H2/t6-/m0/s1. The van der Waals surface area contributed by atoms with E-state index in [9.17, 15) is 13.2 Å². The summed E-state index contributed by atoms with van der Waals surface area (Å²) in [5.74, 6) is 0. The molecule has 13 heavy (non-hydrogen) atoms. The first-order chi connectivity index (χ1) is 5.97. The maximum absolute atomic E-state index is 11.5. The highest BCUT2D eigenvalue weighted by atomic mass is 19.4. The van der Waals surface area contributed by atoms with Crippen LogP contribution < -0.4 is 0 Å². The molecule has 1 atom stereocenters. The number of β-amino-alcohol motifs (C(OH)–C–C–N with tert-alkyl or cyclic N) is 1. The van der Waals surface area contributed by atoms with Crippen molar-refractivity contribution in [1.29, 1.82) is 0 Å². The second-order valence-electron chi connectivity index (χ2n) is 3.04. The Balaban J connectivity index is 2.07. The molecule has 3 nitrogen and oxygen atoms in total.